The van der Waals surface area contributed by atoms with Crippen molar-refractivity contribution >= 4 is 5.91 Å². The first-order valence-corrected chi connectivity index (χ1v) is 3.89. The molecule has 1 aromatic rings. The van der Waals surface area contributed by atoms with Crippen LogP contribution in [0.4, 0.5) is 8.78 Å². The fraction of sp³-hybridized carbons (Fsp3) is 0.100. The Kier molecular flexibility index (Phi) is 3.24. The molecule has 0 atom stereocenters. The maximum absolute atomic E-state index is 12.9. The highest BCUT2D eigenvalue weighted by atomic mass is 19.2. The van der Waals surface area contributed by atoms with Crippen molar-refractivity contribution in [1.29, 1.82) is 0 Å². The second-order valence-electron chi connectivity index (χ2n) is 2.59. The lowest BCUT2D eigenvalue weighted by molar-refractivity contribution is -0.112. The first-order valence-electron chi connectivity index (χ1n) is 3.89. The maximum Gasteiger partial charge on any atom is 0.293 e. The molecule has 1 rings (SSSR count). The monoisotopic (exact) mass is 211 g/mol. The molecule has 0 saturated carbocycles. The van der Waals surface area contributed by atoms with Gasteiger partial charge in [0.05, 0.1) is 7.11 Å². The van der Waals surface area contributed by atoms with Gasteiger partial charge in [-0.2, -0.15) is 4.39 Å². The van der Waals surface area contributed by atoms with E-state index in [1.807, 2.05) is 5.92 Å². The van der Waals surface area contributed by atoms with Gasteiger partial charge in [0.1, 0.15) is 0 Å². The van der Waals surface area contributed by atoms with Crippen LogP contribution in [0.3, 0.4) is 0 Å². The van der Waals surface area contributed by atoms with Gasteiger partial charge in [-0.25, -0.2) is 4.39 Å². The van der Waals surface area contributed by atoms with Crippen molar-refractivity contribution in [2.45, 2.75) is 0 Å². The Morgan fingerprint density at radius 2 is 2.13 bits per heavy atom. The minimum Gasteiger partial charge on any atom is -0.494 e. The molecular weight excluding hydrogens is 204 g/mol. The van der Waals surface area contributed by atoms with Crippen molar-refractivity contribution < 1.29 is 18.3 Å². The first kappa shape index (κ1) is 11.0. The summed E-state index contributed by atoms with van der Waals surface area (Å²) in [5.41, 5.74) is 4.88. The molecular formula is C10H7F2NO2. The number of halogens is 2. The lowest BCUT2D eigenvalue weighted by Gasteiger charge is -2.02. The van der Waals surface area contributed by atoms with Gasteiger partial charge in [-0.05, 0) is 18.1 Å². The number of ether oxygens (including phenoxy) is 1. The summed E-state index contributed by atoms with van der Waals surface area (Å²) in [6.07, 6.45) is 0. The molecule has 78 valence electrons. The SMILES string of the molecule is COc1cc(C#CC(N)=O)cc(F)c1F. The van der Waals surface area contributed by atoms with Crippen LogP contribution >= 0.6 is 0 Å². The quantitative estimate of drug-likeness (QED) is 0.699. The van der Waals surface area contributed by atoms with Crippen molar-refractivity contribution in [2.24, 2.45) is 5.73 Å². The van der Waals surface area contributed by atoms with Gasteiger partial charge < -0.3 is 10.5 Å². The Morgan fingerprint density at radius 1 is 1.47 bits per heavy atom. The van der Waals surface area contributed by atoms with E-state index < -0.39 is 17.5 Å². The summed E-state index contributed by atoms with van der Waals surface area (Å²) in [6, 6.07) is 2.03. The Bertz CT molecular complexity index is 460. The van der Waals surface area contributed by atoms with Gasteiger partial charge >= 0.3 is 0 Å². The fourth-order valence-electron chi connectivity index (χ4n) is 0.918. The van der Waals surface area contributed by atoms with Crippen LogP contribution in [0.1, 0.15) is 5.56 Å². The van der Waals surface area contributed by atoms with E-state index in [1.54, 1.807) is 0 Å². The van der Waals surface area contributed by atoms with E-state index in [9.17, 15) is 13.6 Å². The molecule has 3 nitrogen and oxygen atoms in total. The average Bonchev–Trinajstić information content (AvgIpc) is 2.19. The standard InChI is InChI=1S/C10H7F2NO2/c1-15-8-5-6(2-3-9(13)14)4-7(11)10(8)12/h4-5H,1H3,(H2,13,14). The third-order valence-electron chi connectivity index (χ3n) is 1.54. The van der Waals surface area contributed by atoms with Gasteiger partial charge in [0.15, 0.2) is 11.6 Å². The minimum atomic E-state index is -1.10. The number of rotatable bonds is 1. The van der Waals surface area contributed by atoms with Crippen molar-refractivity contribution in [3.05, 3.63) is 29.3 Å². The molecule has 5 heteroatoms. The van der Waals surface area contributed by atoms with E-state index in [0.29, 0.717) is 0 Å². The average molecular weight is 211 g/mol. The molecule has 15 heavy (non-hydrogen) atoms. The molecule has 1 amide bonds. The number of nitrogens with two attached hydrogens (primary N) is 1. The smallest absolute Gasteiger partial charge is 0.293 e. The second-order valence-corrected chi connectivity index (χ2v) is 2.59. The summed E-state index contributed by atoms with van der Waals surface area (Å²) >= 11 is 0. The highest BCUT2D eigenvalue weighted by Gasteiger charge is 2.09. The molecule has 0 aliphatic heterocycles. The number of amides is 1. The first-order chi connectivity index (χ1) is 7.04. The topological polar surface area (TPSA) is 52.3 Å². The Hall–Kier alpha value is -2.09. The van der Waals surface area contributed by atoms with Crippen LogP contribution in [0.2, 0.25) is 0 Å². The van der Waals surface area contributed by atoms with Crippen LogP contribution in [-0.4, -0.2) is 13.0 Å². The molecule has 0 bridgehead atoms. The Labute approximate surface area is 84.8 Å². The summed E-state index contributed by atoms with van der Waals surface area (Å²) < 4.78 is 30.4. The largest absolute Gasteiger partial charge is 0.494 e. The molecule has 0 radical (unpaired) electrons. The molecule has 0 heterocycles. The van der Waals surface area contributed by atoms with E-state index in [2.05, 4.69) is 10.7 Å². The summed E-state index contributed by atoms with van der Waals surface area (Å²) in [6.45, 7) is 0. The zero-order valence-electron chi connectivity index (χ0n) is 7.80. The van der Waals surface area contributed by atoms with E-state index >= 15 is 0 Å². The van der Waals surface area contributed by atoms with Crippen LogP contribution in [0.5, 0.6) is 5.75 Å². The van der Waals surface area contributed by atoms with E-state index in [-0.39, 0.29) is 11.3 Å². The van der Waals surface area contributed by atoms with Gasteiger partial charge in [-0.3, -0.25) is 4.79 Å². The van der Waals surface area contributed by atoms with Crippen LogP contribution in [0.15, 0.2) is 12.1 Å². The number of carbonyl (C=O) groups is 1. The van der Waals surface area contributed by atoms with Crippen LogP contribution < -0.4 is 10.5 Å². The van der Waals surface area contributed by atoms with E-state index in [0.717, 1.165) is 6.07 Å². The number of primary amides is 1. The zero-order valence-corrected chi connectivity index (χ0v) is 7.80. The number of hydrogen-bond donors (Lipinski definition) is 1. The molecule has 1 aromatic carbocycles. The van der Waals surface area contributed by atoms with Gasteiger partial charge in [0, 0.05) is 5.56 Å². The Morgan fingerprint density at radius 3 is 2.67 bits per heavy atom. The van der Waals surface area contributed by atoms with Crippen molar-refractivity contribution in [2.75, 3.05) is 7.11 Å². The van der Waals surface area contributed by atoms with E-state index in [1.165, 1.54) is 13.2 Å². The molecule has 2 N–H and O–H groups in total. The highest BCUT2D eigenvalue weighted by Crippen LogP contribution is 2.21. The number of benzene rings is 1. The van der Waals surface area contributed by atoms with Gasteiger partial charge in [-0.15, -0.1) is 0 Å². The number of carbonyl (C=O) groups excluding carboxylic acids is 1. The van der Waals surface area contributed by atoms with E-state index in [4.69, 9.17) is 5.73 Å². The van der Waals surface area contributed by atoms with Crippen molar-refractivity contribution in [3.63, 3.8) is 0 Å². The third kappa shape index (κ3) is 2.68. The zero-order chi connectivity index (χ0) is 11.4. The molecule has 0 aliphatic rings. The Balaban J connectivity index is 3.19. The maximum atomic E-state index is 12.9. The normalized spacial score (nSPS) is 9.00. The second kappa shape index (κ2) is 4.42. The minimum absolute atomic E-state index is 0.115. The third-order valence-corrected chi connectivity index (χ3v) is 1.54. The van der Waals surface area contributed by atoms with Gasteiger partial charge in [0.2, 0.25) is 5.82 Å². The summed E-state index contributed by atoms with van der Waals surface area (Å²) in [5, 5.41) is 0. The van der Waals surface area contributed by atoms with Crippen molar-refractivity contribution in [1.82, 2.24) is 0 Å². The number of methoxy groups -OCH3 is 1. The van der Waals surface area contributed by atoms with Crippen LogP contribution in [0.25, 0.3) is 0 Å². The van der Waals surface area contributed by atoms with Crippen LogP contribution in [-0.2, 0) is 4.79 Å². The summed E-state index contributed by atoms with van der Waals surface area (Å²) in [5.74, 6) is 0.967. The molecule has 0 aromatic heterocycles. The molecule has 0 aliphatic carbocycles. The van der Waals surface area contributed by atoms with Crippen LogP contribution in [0, 0.1) is 23.5 Å². The predicted octanol–water partition coefficient (Wildman–Crippen LogP) is 0.810. The highest BCUT2D eigenvalue weighted by molar-refractivity contribution is 5.92. The molecule has 0 saturated heterocycles. The van der Waals surface area contributed by atoms with Gasteiger partial charge in [-0.1, -0.05) is 5.92 Å². The molecule has 0 spiro atoms. The van der Waals surface area contributed by atoms with Crippen molar-refractivity contribution in [3.8, 4) is 17.6 Å². The number of hydrogen-bond acceptors (Lipinski definition) is 2. The summed E-state index contributed by atoms with van der Waals surface area (Å²) in [4.78, 5) is 10.3. The fourth-order valence-corrected chi connectivity index (χ4v) is 0.918. The van der Waals surface area contributed by atoms with Gasteiger partial charge in [0.25, 0.3) is 5.91 Å². The predicted molar refractivity (Wildman–Crippen MR) is 49.0 cm³/mol. The molecule has 0 fully saturated rings. The summed E-state index contributed by atoms with van der Waals surface area (Å²) in [7, 11) is 1.20. The lowest BCUT2D eigenvalue weighted by atomic mass is 10.2. The molecule has 0 unspecified atom stereocenters. The lowest BCUT2D eigenvalue weighted by Crippen LogP contribution is -2.06.